The SMILES string of the molecule is C=C(CN(C)C)C(=O)N1CC(OCCCN2C[C@H]3CC(=O)N(c4cc(C(F)(F)F)cc(C)n4)[C@@H]3C(=O)N(C)c3ccccc32)C1. The molecule has 13 heteroatoms. The monoisotopic (exact) mass is 628 g/mol. The van der Waals surface area contributed by atoms with Gasteiger partial charge < -0.3 is 24.3 Å². The Kier molecular flexibility index (Phi) is 9.22. The summed E-state index contributed by atoms with van der Waals surface area (Å²) in [5.41, 5.74) is 1.19. The van der Waals surface area contributed by atoms with Crippen molar-refractivity contribution in [2.45, 2.75) is 38.1 Å². The van der Waals surface area contributed by atoms with E-state index in [-0.39, 0.29) is 35.9 Å². The summed E-state index contributed by atoms with van der Waals surface area (Å²) < 4.78 is 47.0. The Morgan fingerprint density at radius 1 is 1.11 bits per heavy atom. The molecule has 3 amide bonds. The highest BCUT2D eigenvalue weighted by molar-refractivity contribution is 6.10. The number of benzene rings is 1. The minimum atomic E-state index is -4.63. The van der Waals surface area contributed by atoms with Gasteiger partial charge in [-0.2, -0.15) is 13.2 Å². The van der Waals surface area contributed by atoms with Crippen molar-refractivity contribution in [1.82, 2.24) is 14.8 Å². The van der Waals surface area contributed by atoms with Crippen LogP contribution in [0.1, 0.15) is 24.1 Å². The first kappa shape index (κ1) is 32.4. The van der Waals surface area contributed by atoms with Crippen molar-refractivity contribution in [3.8, 4) is 0 Å². The minimum absolute atomic E-state index is 0.00143. The summed E-state index contributed by atoms with van der Waals surface area (Å²) in [6.45, 7) is 8.20. The van der Waals surface area contributed by atoms with Gasteiger partial charge in [0.15, 0.2) is 0 Å². The lowest BCUT2D eigenvalue weighted by Gasteiger charge is -2.40. The number of rotatable bonds is 9. The van der Waals surface area contributed by atoms with E-state index >= 15 is 0 Å². The van der Waals surface area contributed by atoms with E-state index in [1.807, 2.05) is 43.3 Å². The maximum atomic E-state index is 13.9. The van der Waals surface area contributed by atoms with Gasteiger partial charge in [-0.1, -0.05) is 18.7 Å². The van der Waals surface area contributed by atoms with Gasteiger partial charge in [0.1, 0.15) is 11.9 Å². The molecular formula is C32H39F3N6O4. The molecule has 5 rings (SSSR count). The van der Waals surface area contributed by atoms with Crippen molar-refractivity contribution in [2.75, 3.05) is 75.2 Å². The fourth-order valence-electron chi connectivity index (χ4n) is 6.30. The van der Waals surface area contributed by atoms with Crippen LogP contribution < -0.4 is 14.7 Å². The second-order valence-electron chi connectivity index (χ2n) is 12.3. The molecule has 2 atom stereocenters. The van der Waals surface area contributed by atoms with E-state index in [4.69, 9.17) is 4.74 Å². The van der Waals surface area contributed by atoms with Crippen LogP contribution in [0.25, 0.3) is 0 Å². The van der Waals surface area contributed by atoms with Crippen LogP contribution in [-0.2, 0) is 25.3 Å². The minimum Gasteiger partial charge on any atom is -0.374 e. The first-order valence-electron chi connectivity index (χ1n) is 15.0. The molecule has 2 saturated heterocycles. The second-order valence-corrected chi connectivity index (χ2v) is 12.3. The number of hydrogen-bond donors (Lipinski definition) is 0. The van der Waals surface area contributed by atoms with Gasteiger partial charge in [0.05, 0.1) is 23.0 Å². The summed E-state index contributed by atoms with van der Waals surface area (Å²) in [7, 11) is 5.39. The normalized spacial score (nSPS) is 20.6. The number of nitrogens with zero attached hydrogens (tertiary/aromatic N) is 6. The Hall–Kier alpha value is -3.97. The molecule has 3 aliphatic rings. The maximum Gasteiger partial charge on any atom is 0.416 e. The van der Waals surface area contributed by atoms with Crippen LogP contribution in [0.3, 0.4) is 0 Å². The molecule has 0 N–H and O–H groups in total. The molecule has 1 aromatic heterocycles. The summed E-state index contributed by atoms with van der Waals surface area (Å²) in [6, 6.07) is 8.19. The van der Waals surface area contributed by atoms with Gasteiger partial charge in [-0.15, -0.1) is 0 Å². The van der Waals surface area contributed by atoms with Crippen molar-refractivity contribution in [2.24, 2.45) is 5.92 Å². The number of likely N-dealkylation sites (N-methyl/N-ethyl adjacent to an activating group) is 2. The number of amides is 3. The molecule has 3 aliphatic heterocycles. The highest BCUT2D eigenvalue weighted by atomic mass is 19.4. The molecule has 45 heavy (non-hydrogen) atoms. The van der Waals surface area contributed by atoms with E-state index in [2.05, 4.69) is 16.5 Å². The predicted molar refractivity (Wildman–Crippen MR) is 164 cm³/mol. The van der Waals surface area contributed by atoms with Crippen LogP contribution in [-0.4, -0.2) is 105 Å². The summed E-state index contributed by atoms with van der Waals surface area (Å²) in [5.74, 6) is -1.53. The molecule has 2 fully saturated rings. The number of halogens is 3. The third kappa shape index (κ3) is 6.84. The molecule has 242 valence electrons. The quantitative estimate of drug-likeness (QED) is 0.311. The zero-order valence-corrected chi connectivity index (χ0v) is 26.0. The van der Waals surface area contributed by atoms with Crippen LogP contribution in [0.5, 0.6) is 0 Å². The third-order valence-corrected chi connectivity index (χ3v) is 8.44. The van der Waals surface area contributed by atoms with Crippen molar-refractivity contribution >= 4 is 34.9 Å². The van der Waals surface area contributed by atoms with Gasteiger partial charge in [-0.05, 0) is 51.7 Å². The highest BCUT2D eigenvalue weighted by Crippen LogP contribution is 2.40. The van der Waals surface area contributed by atoms with Gasteiger partial charge in [0.2, 0.25) is 11.8 Å². The first-order chi connectivity index (χ1) is 21.2. The zero-order chi connectivity index (χ0) is 32.6. The number of para-hydroxylation sites is 2. The average molecular weight is 629 g/mol. The molecule has 0 spiro atoms. The number of hydrogen-bond acceptors (Lipinski definition) is 7. The van der Waals surface area contributed by atoms with Crippen LogP contribution in [0.4, 0.5) is 30.4 Å². The largest absolute Gasteiger partial charge is 0.416 e. The maximum absolute atomic E-state index is 13.9. The van der Waals surface area contributed by atoms with Gasteiger partial charge in [-0.25, -0.2) is 4.98 Å². The Balaban J connectivity index is 1.29. The number of fused-ring (bicyclic) bond motifs is 2. The van der Waals surface area contributed by atoms with Gasteiger partial charge in [0.25, 0.3) is 5.91 Å². The first-order valence-corrected chi connectivity index (χ1v) is 15.0. The molecular weight excluding hydrogens is 589 g/mol. The van der Waals surface area contributed by atoms with Crippen LogP contribution in [0.15, 0.2) is 48.6 Å². The summed E-state index contributed by atoms with van der Waals surface area (Å²) in [6.07, 6.45) is -4.04. The van der Waals surface area contributed by atoms with E-state index in [0.29, 0.717) is 57.0 Å². The zero-order valence-electron chi connectivity index (χ0n) is 26.0. The summed E-state index contributed by atoms with van der Waals surface area (Å²) in [5, 5.41) is 0. The number of ether oxygens (including phenoxy) is 1. The molecule has 0 aliphatic carbocycles. The third-order valence-electron chi connectivity index (χ3n) is 8.44. The summed E-state index contributed by atoms with van der Waals surface area (Å²) in [4.78, 5) is 52.4. The number of alkyl halides is 3. The predicted octanol–water partition coefficient (Wildman–Crippen LogP) is 3.35. The fourth-order valence-corrected chi connectivity index (χ4v) is 6.30. The lowest BCUT2D eigenvalue weighted by atomic mass is 9.95. The summed E-state index contributed by atoms with van der Waals surface area (Å²) >= 11 is 0. The molecule has 0 radical (unpaired) electrons. The molecule has 0 saturated carbocycles. The molecule has 0 unspecified atom stereocenters. The van der Waals surface area contributed by atoms with Crippen LogP contribution in [0.2, 0.25) is 0 Å². The van der Waals surface area contributed by atoms with Crippen LogP contribution in [0, 0.1) is 12.8 Å². The average Bonchev–Trinajstić information content (AvgIpc) is 3.27. The van der Waals surface area contributed by atoms with E-state index < -0.39 is 29.6 Å². The highest BCUT2D eigenvalue weighted by Gasteiger charge is 2.49. The fraction of sp³-hybridized carbons (Fsp3) is 0.500. The van der Waals surface area contributed by atoms with Gasteiger partial charge >= 0.3 is 6.18 Å². The number of likely N-dealkylation sites (tertiary alicyclic amines) is 1. The lowest BCUT2D eigenvalue weighted by molar-refractivity contribution is -0.141. The van der Waals surface area contributed by atoms with Gasteiger partial charge in [-0.3, -0.25) is 19.3 Å². The Morgan fingerprint density at radius 3 is 2.47 bits per heavy atom. The second kappa shape index (κ2) is 12.8. The van der Waals surface area contributed by atoms with E-state index in [1.165, 1.54) is 11.8 Å². The van der Waals surface area contributed by atoms with Crippen molar-refractivity contribution in [1.29, 1.82) is 0 Å². The van der Waals surface area contributed by atoms with Crippen molar-refractivity contribution < 1.29 is 32.3 Å². The number of pyridine rings is 1. The molecule has 4 heterocycles. The van der Waals surface area contributed by atoms with E-state index in [0.717, 1.165) is 22.7 Å². The number of anilines is 3. The lowest BCUT2D eigenvalue weighted by Crippen LogP contribution is -2.55. The Bertz CT molecular complexity index is 1480. The molecule has 10 nitrogen and oxygen atoms in total. The van der Waals surface area contributed by atoms with Crippen LogP contribution >= 0.6 is 0 Å². The Morgan fingerprint density at radius 2 is 1.80 bits per heavy atom. The molecule has 0 bridgehead atoms. The molecule has 1 aromatic carbocycles. The van der Waals surface area contributed by atoms with Crippen molar-refractivity contribution in [3.63, 3.8) is 0 Å². The Labute approximate surface area is 261 Å². The number of carbonyl (C=O) groups is 3. The van der Waals surface area contributed by atoms with E-state index in [1.54, 1.807) is 11.9 Å². The number of aromatic nitrogens is 1. The number of aryl methyl sites for hydroxylation is 1. The molecule has 2 aromatic rings. The topological polar surface area (TPSA) is 89.5 Å². The van der Waals surface area contributed by atoms with E-state index in [9.17, 15) is 27.6 Å². The number of carbonyl (C=O) groups excluding carboxylic acids is 3. The standard InChI is InChI=1S/C32H39F3N6O4/c1-20(16-37(3)4)30(43)40-18-24(19-40)45-12-8-11-39-17-22-14-28(42)41(27-15-23(32(33,34)35)13-21(2)36-27)29(22)31(44)38(5)25-9-6-7-10-26(25)39/h6-7,9-10,13,15,22,24,29H,1,8,11-12,14,16-19H2,2-5H3/t22-,29+/m1/s1. The van der Waals surface area contributed by atoms with Gasteiger partial charge in [0, 0.05) is 70.0 Å². The van der Waals surface area contributed by atoms with Crippen molar-refractivity contribution in [3.05, 3.63) is 59.8 Å². The smallest absolute Gasteiger partial charge is 0.374 e.